The topological polar surface area (TPSA) is 63.9 Å². The first-order chi connectivity index (χ1) is 12.6. The standard InChI is InChI=1S/C17H15F2N5OS/c18-13-6-5-11(9-14(13)19)17(25)23-7-1-3-12(23)10-24-21-16(20-22-24)15-4-2-8-26-15/h2,4-6,8-9,12H,1,3,7,10H2/t12-/m0/s1. The second-order valence-corrected chi connectivity index (χ2v) is 7.02. The zero-order valence-electron chi connectivity index (χ0n) is 13.7. The van der Waals surface area contributed by atoms with Gasteiger partial charge in [0.1, 0.15) is 0 Å². The Hall–Kier alpha value is -2.68. The average molecular weight is 375 g/mol. The van der Waals surface area contributed by atoms with Gasteiger partial charge in [0.2, 0.25) is 5.82 Å². The Balaban J connectivity index is 1.50. The largest absolute Gasteiger partial charge is 0.334 e. The molecular formula is C17H15F2N5OS. The summed E-state index contributed by atoms with van der Waals surface area (Å²) < 4.78 is 26.5. The molecule has 0 spiro atoms. The van der Waals surface area contributed by atoms with Gasteiger partial charge in [-0.05, 0) is 47.7 Å². The summed E-state index contributed by atoms with van der Waals surface area (Å²) in [7, 11) is 0. The Morgan fingerprint density at radius 1 is 1.27 bits per heavy atom. The number of thiophene rings is 1. The van der Waals surface area contributed by atoms with Gasteiger partial charge in [-0.3, -0.25) is 4.79 Å². The van der Waals surface area contributed by atoms with Crippen LogP contribution in [-0.2, 0) is 6.54 Å². The fourth-order valence-corrected chi connectivity index (χ4v) is 3.75. The SMILES string of the molecule is O=C(c1ccc(F)c(F)c1)N1CCC[C@H]1Cn1nnc(-c2cccs2)n1. The molecule has 3 aromatic rings. The molecule has 26 heavy (non-hydrogen) atoms. The number of carbonyl (C=O) groups excluding carboxylic acids is 1. The summed E-state index contributed by atoms with van der Waals surface area (Å²) in [6.45, 7) is 0.975. The van der Waals surface area contributed by atoms with Gasteiger partial charge in [0.15, 0.2) is 11.6 Å². The molecule has 1 aromatic carbocycles. The van der Waals surface area contributed by atoms with E-state index in [1.165, 1.54) is 22.2 Å². The van der Waals surface area contributed by atoms with Crippen LogP contribution in [0.5, 0.6) is 0 Å². The Labute approximate surface area is 152 Å². The number of benzene rings is 1. The van der Waals surface area contributed by atoms with Gasteiger partial charge < -0.3 is 4.90 Å². The molecule has 1 atom stereocenters. The molecule has 0 unspecified atom stereocenters. The number of likely N-dealkylation sites (tertiary alicyclic amines) is 1. The number of nitrogens with zero attached hydrogens (tertiary/aromatic N) is 5. The molecule has 1 amide bonds. The monoisotopic (exact) mass is 375 g/mol. The predicted octanol–water partition coefficient (Wildman–Crippen LogP) is 2.98. The number of carbonyl (C=O) groups is 1. The molecule has 0 saturated carbocycles. The fourth-order valence-electron chi connectivity index (χ4n) is 3.10. The third-order valence-electron chi connectivity index (χ3n) is 4.37. The molecule has 4 rings (SSSR count). The normalized spacial score (nSPS) is 17.0. The van der Waals surface area contributed by atoms with Gasteiger partial charge in [0.25, 0.3) is 5.91 Å². The third-order valence-corrected chi connectivity index (χ3v) is 5.24. The van der Waals surface area contributed by atoms with E-state index in [4.69, 9.17) is 0 Å². The Morgan fingerprint density at radius 2 is 2.15 bits per heavy atom. The lowest BCUT2D eigenvalue weighted by molar-refractivity contribution is 0.0717. The van der Waals surface area contributed by atoms with Crippen molar-refractivity contribution in [2.45, 2.75) is 25.4 Å². The number of halogens is 2. The summed E-state index contributed by atoms with van der Waals surface area (Å²) in [4.78, 5) is 16.8. The summed E-state index contributed by atoms with van der Waals surface area (Å²) in [5.41, 5.74) is 0.140. The lowest BCUT2D eigenvalue weighted by Crippen LogP contribution is -2.38. The van der Waals surface area contributed by atoms with E-state index in [2.05, 4.69) is 15.4 Å². The minimum atomic E-state index is -1.02. The Morgan fingerprint density at radius 3 is 2.92 bits per heavy atom. The van der Waals surface area contributed by atoms with Crippen LogP contribution in [0.4, 0.5) is 8.78 Å². The van der Waals surface area contributed by atoms with E-state index in [1.54, 1.807) is 4.90 Å². The zero-order valence-corrected chi connectivity index (χ0v) is 14.5. The van der Waals surface area contributed by atoms with Gasteiger partial charge in [-0.15, -0.1) is 21.5 Å². The van der Waals surface area contributed by atoms with Crippen LogP contribution in [0.25, 0.3) is 10.7 Å². The van der Waals surface area contributed by atoms with Crippen molar-refractivity contribution in [1.82, 2.24) is 25.1 Å². The highest BCUT2D eigenvalue weighted by atomic mass is 32.1. The molecule has 1 aliphatic heterocycles. The number of hydrogen-bond donors (Lipinski definition) is 0. The highest BCUT2D eigenvalue weighted by Gasteiger charge is 2.30. The zero-order chi connectivity index (χ0) is 18.1. The maximum absolute atomic E-state index is 13.4. The van der Waals surface area contributed by atoms with E-state index >= 15 is 0 Å². The van der Waals surface area contributed by atoms with Crippen molar-refractivity contribution in [2.24, 2.45) is 0 Å². The van der Waals surface area contributed by atoms with E-state index in [9.17, 15) is 13.6 Å². The minimum Gasteiger partial charge on any atom is -0.334 e. The van der Waals surface area contributed by atoms with Gasteiger partial charge in [-0.25, -0.2) is 8.78 Å². The van der Waals surface area contributed by atoms with Crippen LogP contribution in [-0.4, -0.2) is 43.6 Å². The van der Waals surface area contributed by atoms with Crippen LogP contribution in [0.1, 0.15) is 23.2 Å². The molecule has 0 N–H and O–H groups in total. The molecule has 0 bridgehead atoms. The van der Waals surface area contributed by atoms with Crippen molar-refractivity contribution in [3.63, 3.8) is 0 Å². The third kappa shape index (κ3) is 3.22. The number of rotatable bonds is 4. The molecule has 0 radical (unpaired) electrons. The van der Waals surface area contributed by atoms with Crippen LogP contribution in [0.15, 0.2) is 35.7 Å². The highest BCUT2D eigenvalue weighted by Crippen LogP contribution is 2.23. The molecule has 3 heterocycles. The van der Waals surface area contributed by atoms with Crippen molar-refractivity contribution in [3.05, 3.63) is 52.9 Å². The minimum absolute atomic E-state index is 0.110. The second kappa shape index (κ2) is 6.91. The molecule has 0 aliphatic carbocycles. The predicted molar refractivity (Wildman–Crippen MR) is 91.5 cm³/mol. The fraction of sp³-hybridized carbons (Fsp3) is 0.294. The van der Waals surface area contributed by atoms with Gasteiger partial charge in [-0.2, -0.15) is 4.80 Å². The molecule has 1 saturated heterocycles. The van der Waals surface area contributed by atoms with Gasteiger partial charge in [0.05, 0.1) is 17.5 Å². The van der Waals surface area contributed by atoms with E-state index in [-0.39, 0.29) is 17.5 Å². The first-order valence-corrected chi connectivity index (χ1v) is 9.07. The van der Waals surface area contributed by atoms with E-state index < -0.39 is 11.6 Å². The van der Waals surface area contributed by atoms with Crippen molar-refractivity contribution in [2.75, 3.05) is 6.54 Å². The highest BCUT2D eigenvalue weighted by molar-refractivity contribution is 7.13. The van der Waals surface area contributed by atoms with Crippen LogP contribution in [0.3, 0.4) is 0 Å². The second-order valence-electron chi connectivity index (χ2n) is 6.07. The lowest BCUT2D eigenvalue weighted by atomic mass is 10.1. The molecule has 2 aromatic heterocycles. The quantitative estimate of drug-likeness (QED) is 0.703. The molecular weight excluding hydrogens is 360 g/mol. The molecule has 6 nitrogen and oxygen atoms in total. The lowest BCUT2D eigenvalue weighted by Gasteiger charge is -2.24. The van der Waals surface area contributed by atoms with Gasteiger partial charge >= 0.3 is 0 Å². The number of hydrogen-bond acceptors (Lipinski definition) is 5. The molecule has 9 heteroatoms. The van der Waals surface area contributed by atoms with E-state index in [0.29, 0.717) is 18.9 Å². The maximum atomic E-state index is 13.4. The first kappa shape index (κ1) is 16.8. The average Bonchev–Trinajstić information content (AvgIpc) is 3.37. The summed E-state index contributed by atoms with van der Waals surface area (Å²) in [6, 6.07) is 6.94. The Bertz CT molecular complexity index is 927. The summed E-state index contributed by atoms with van der Waals surface area (Å²) in [5.74, 6) is -1.75. The van der Waals surface area contributed by atoms with Gasteiger partial charge in [-0.1, -0.05) is 6.07 Å². The van der Waals surface area contributed by atoms with Crippen LogP contribution in [0, 0.1) is 11.6 Å². The molecule has 1 fully saturated rings. The number of amides is 1. The summed E-state index contributed by atoms with van der Waals surface area (Å²) in [5, 5.41) is 14.4. The maximum Gasteiger partial charge on any atom is 0.254 e. The first-order valence-electron chi connectivity index (χ1n) is 8.19. The molecule has 1 aliphatic rings. The van der Waals surface area contributed by atoms with Crippen LogP contribution >= 0.6 is 11.3 Å². The van der Waals surface area contributed by atoms with Crippen molar-refractivity contribution in [3.8, 4) is 10.7 Å². The van der Waals surface area contributed by atoms with Crippen molar-refractivity contribution in [1.29, 1.82) is 0 Å². The summed E-state index contributed by atoms with van der Waals surface area (Å²) >= 11 is 1.53. The molecule has 134 valence electrons. The number of aromatic nitrogens is 4. The van der Waals surface area contributed by atoms with Crippen LogP contribution in [0.2, 0.25) is 0 Å². The van der Waals surface area contributed by atoms with Crippen molar-refractivity contribution >= 4 is 17.2 Å². The smallest absolute Gasteiger partial charge is 0.254 e. The Kier molecular flexibility index (Phi) is 4.46. The van der Waals surface area contributed by atoms with E-state index in [1.807, 2.05) is 17.5 Å². The summed E-state index contributed by atoms with van der Waals surface area (Å²) in [6.07, 6.45) is 1.64. The van der Waals surface area contributed by atoms with Crippen molar-refractivity contribution < 1.29 is 13.6 Å². The van der Waals surface area contributed by atoms with Gasteiger partial charge in [0, 0.05) is 12.1 Å². The van der Waals surface area contributed by atoms with Crippen LogP contribution < -0.4 is 0 Å². The van der Waals surface area contributed by atoms with E-state index in [0.717, 1.165) is 29.9 Å². The number of tetrazole rings is 1.